The van der Waals surface area contributed by atoms with Crippen LogP contribution in [0, 0.1) is 5.92 Å². The Morgan fingerprint density at radius 1 is 0.583 bits per heavy atom. The Morgan fingerprint density at radius 2 is 1.00 bits per heavy atom. The fraction of sp³-hybridized carbons (Fsp3) is 0.233. The van der Waals surface area contributed by atoms with Gasteiger partial charge in [0.25, 0.3) is 0 Å². The molecule has 187 valence electrons. The molecule has 0 saturated heterocycles. The first-order valence-electron chi connectivity index (χ1n) is 12.3. The Bertz CT molecular complexity index is 1160. The topological polar surface area (TPSA) is 114 Å². The lowest BCUT2D eigenvalue weighted by molar-refractivity contribution is 0.653. The van der Waals surface area contributed by atoms with Crippen molar-refractivity contribution in [2.45, 2.75) is 25.0 Å². The van der Waals surface area contributed by atoms with Crippen LogP contribution >= 0.6 is 0 Å². The lowest BCUT2D eigenvalue weighted by Gasteiger charge is -2.41. The molecule has 0 aromatic heterocycles. The second-order valence-corrected chi connectivity index (χ2v) is 8.94. The zero-order valence-corrected chi connectivity index (χ0v) is 21.4. The summed E-state index contributed by atoms with van der Waals surface area (Å²) in [6.07, 6.45) is 2.23. The van der Waals surface area contributed by atoms with Crippen molar-refractivity contribution < 1.29 is 0 Å². The maximum Gasteiger partial charge on any atom is 0.0773 e. The highest BCUT2D eigenvalue weighted by atomic mass is 15.0. The predicted molar refractivity (Wildman–Crippen MR) is 148 cm³/mol. The summed E-state index contributed by atoms with van der Waals surface area (Å²) in [6, 6.07) is 25.7. The van der Waals surface area contributed by atoms with Crippen LogP contribution in [0.1, 0.15) is 33.4 Å². The van der Waals surface area contributed by atoms with E-state index in [2.05, 4.69) is 94.8 Å². The fourth-order valence-corrected chi connectivity index (χ4v) is 5.33. The van der Waals surface area contributed by atoms with Crippen molar-refractivity contribution in [1.29, 1.82) is 0 Å². The molecule has 0 fully saturated rings. The van der Waals surface area contributed by atoms with E-state index in [1.807, 2.05) is 21.1 Å². The smallest absolute Gasteiger partial charge is 0.0773 e. The number of likely N-dealkylation sites (N-methyl/N-ethyl adjacent to an activating group) is 2. The van der Waals surface area contributed by atoms with Crippen molar-refractivity contribution >= 4 is 0 Å². The molecule has 0 saturated carbocycles. The van der Waals surface area contributed by atoms with Gasteiger partial charge >= 0.3 is 0 Å². The van der Waals surface area contributed by atoms with Crippen LogP contribution in [-0.4, -0.2) is 21.1 Å². The van der Waals surface area contributed by atoms with Gasteiger partial charge in [-0.25, -0.2) is 0 Å². The third-order valence-corrected chi connectivity index (χ3v) is 7.04. The van der Waals surface area contributed by atoms with Crippen molar-refractivity contribution in [2.24, 2.45) is 17.2 Å². The first-order valence-corrected chi connectivity index (χ1v) is 12.3. The Morgan fingerprint density at radius 3 is 1.33 bits per heavy atom. The Hall–Kier alpha value is -3.58. The summed E-state index contributed by atoms with van der Waals surface area (Å²) in [6.45, 7) is 1.37. The molecule has 6 nitrogen and oxygen atoms in total. The van der Waals surface area contributed by atoms with E-state index in [1.54, 1.807) is 0 Å². The standard InChI is InChI=1S/C30H37N6/c1-34-27-16-26(28(35-2)29(27)36-3)30(23-10-4-7-20(13-23)17-31,24-11-5-8-21(14-24)18-32)25-12-6-9-22(15-25)19-33/h4-16,34-36H,17-19,31-33H2,1-3H3. The molecule has 0 bridgehead atoms. The summed E-state index contributed by atoms with van der Waals surface area (Å²) in [5.74, 6) is 1.12. The van der Waals surface area contributed by atoms with Crippen LogP contribution in [0.25, 0.3) is 0 Å². The highest BCUT2D eigenvalue weighted by Gasteiger charge is 2.48. The number of nitrogens with two attached hydrogens (primary N) is 3. The van der Waals surface area contributed by atoms with Gasteiger partial charge in [0.2, 0.25) is 0 Å². The summed E-state index contributed by atoms with van der Waals surface area (Å²) >= 11 is 0. The van der Waals surface area contributed by atoms with E-state index in [4.69, 9.17) is 17.2 Å². The molecule has 0 spiro atoms. The molecular weight excluding hydrogens is 444 g/mol. The quantitative estimate of drug-likeness (QED) is 0.248. The molecule has 0 aliphatic heterocycles. The van der Waals surface area contributed by atoms with Crippen LogP contribution in [0.2, 0.25) is 0 Å². The van der Waals surface area contributed by atoms with Crippen molar-refractivity contribution in [2.75, 3.05) is 21.1 Å². The van der Waals surface area contributed by atoms with Crippen molar-refractivity contribution in [3.05, 3.63) is 135 Å². The van der Waals surface area contributed by atoms with Gasteiger partial charge in [-0.3, -0.25) is 0 Å². The number of benzene rings is 3. The van der Waals surface area contributed by atoms with Crippen LogP contribution in [-0.2, 0) is 25.0 Å². The molecule has 3 aromatic carbocycles. The van der Waals surface area contributed by atoms with Crippen molar-refractivity contribution in [3.8, 4) is 0 Å². The average Bonchev–Trinajstić information content (AvgIpc) is 3.31. The minimum atomic E-state index is -0.666. The Balaban J connectivity index is 2.19. The summed E-state index contributed by atoms with van der Waals surface area (Å²) in [5, 5.41) is 10.3. The maximum absolute atomic E-state index is 6.13. The molecule has 0 unspecified atom stereocenters. The Labute approximate surface area is 214 Å². The summed E-state index contributed by atoms with van der Waals surface area (Å²) in [4.78, 5) is 0. The first-order chi connectivity index (χ1) is 17.6. The van der Waals surface area contributed by atoms with E-state index in [9.17, 15) is 0 Å². The highest BCUT2D eigenvalue weighted by molar-refractivity contribution is 5.69. The Kier molecular flexibility index (Phi) is 7.79. The number of nitrogens with one attached hydrogen (secondary N) is 3. The van der Waals surface area contributed by atoms with Crippen molar-refractivity contribution in [1.82, 2.24) is 16.0 Å². The average molecular weight is 482 g/mol. The fourth-order valence-electron chi connectivity index (χ4n) is 5.33. The summed E-state index contributed by atoms with van der Waals surface area (Å²) in [5.41, 5.74) is 27.4. The molecule has 36 heavy (non-hydrogen) atoms. The van der Waals surface area contributed by atoms with Gasteiger partial charge in [0, 0.05) is 46.5 Å². The first kappa shape index (κ1) is 25.5. The van der Waals surface area contributed by atoms with Crippen molar-refractivity contribution in [3.63, 3.8) is 0 Å². The van der Waals surface area contributed by atoms with Gasteiger partial charge < -0.3 is 33.2 Å². The minimum absolute atomic E-state index is 0.457. The molecule has 3 aromatic rings. The zero-order valence-electron chi connectivity index (χ0n) is 21.4. The van der Waals surface area contributed by atoms with Crippen LogP contribution in [0.4, 0.5) is 0 Å². The van der Waals surface area contributed by atoms with Crippen LogP contribution in [0.15, 0.2) is 96.0 Å². The summed E-state index contributed by atoms with van der Waals surface area (Å²) in [7, 11) is 5.86. The third kappa shape index (κ3) is 4.28. The third-order valence-electron chi connectivity index (χ3n) is 7.04. The van der Waals surface area contributed by atoms with Gasteiger partial charge in [0.05, 0.1) is 22.7 Å². The van der Waals surface area contributed by atoms with E-state index in [0.717, 1.165) is 56.4 Å². The molecule has 1 radical (unpaired) electrons. The van der Waals surface area contributed by atoms with Crippen LogP contribution < -0.4 is 33.2 Å². The molecule has 1 aliphatic rings. The van der Waals surface area contributed by atoms with E-state index >= 15 is 0 Å². The second-order valence-electron chi connectivity index (χ2n) is 8.94. The van der Waals surface area contributed by atoms with Crippen LogP contribution in [0.3, 0.4) is 0 Å². The number of allylic oxidation sites excluding steroid dienone is 1. The second kappa shape index (κ2) is 11.0. The highest BCUT2D eigenvalue weighted by Crippen LogP contribution is 2.52. The van der Waals surface area contributed by atoms with Gasteiger partial charge in [-0.1, -0.05) is 72.8 Å². The van der Waals surface area contributed by atoms with Gasteiger partial charge in [0.1, 0.15) is 0 Å². The SMILES string of the molecule is CNC1=C[C](C(c2cccc(CN)c2)(c2cccc(CN)c2)c2cccc(CN)c2)C(NC)=C1NC. The number of rotatable bonds is 10. The molecule has 9 N–H and O–H groups in total. The molecule has 0 amide bonds. The predicted octanol–water partition coefficient (Wildman–Crippen LogP) is 2.74. The largest absolute Gasteiger partial charge is 0.389 e. The van der Waals surface area contributed by atoms with Crippen LogP contribution in [0.5, 0.6) is 0 Å². The molecule has 4 rings (SSSR count). The zero-order chi connectivity index (χ0) is 25.7. The maximum atomic E-state index is 6.13. The lowest BCUT2D eigenvalue weighted by atomic mass is 9.60. The monoisotopic (exact) mass is 481 g/mol. The molecular formula is C30H37N6. The van der Waals surface area contributed by atoms with E-state index in [0.29, 0.717) is 19.6 Å². The van der Waals surface area contributed by atoms with Gasteiger partial charge in [0.15, 0.2) is 0 Å². The number of hydrogen-bond acceptors (Lipinski definition) is 6. The van der Waals surface area contributed by atoms with Gasteiger partial charge in [-0.2, -0.15) is 0 Å². The van der Waals surface area contributed by atoms with E-state index < -0.39 is 5.41 Å². The van der Waals surface area contributed by atoms with Gasteiger partial charge in [-0.15, -0.1) is 0 Å². The minimum Gasteiger partial charge on any atom is -0.389 e. The lowest BCUT2D eigenvalue weighted by Crippen LogP contribution is -2.39. The number of hydrogen-bond donors (Lipinski definition) is 6. The molecule has 6 heteroatoms. The normalized spacial score (nSPS) is 14.1. The molecule has 0 heterocycles. The summed E-state index contributed by atoms with van der Waals surface area (Å²) < 4.78 is 0. The molecule has 1 aliphatic carbocycles. The van der Waals surface area contributed by atoms with E-state index in [-0.39, 0.29) is 0 Å². The van der Waals surface area contributed by atoms with E-state index in [1.165, 1.54) is 0 Å². The molecule has 0 atom stereocenters. The van der Waals surface area contributed by atoms with Gasteiger partial charge in [-0.05, 0) is 39.5 Å².